The van der Waals surface area contributed by atoms with Crippen LogP contribution in [0.1, 0.15) is 24.8 Å². The van der Waals surface area contributed by atoms with E-state index in [4.69, 9.17) is 16.3 Å². The maximum absolute atomic E-state index is 11.8. The van der Waals surface area contributed by atoms with Gasteiger partial charge in [0.2, 0.25) is 0 Å². The molecule has 0 aromatic heterocycles. The lowest BCUT2D eigenvalue weighted by Gasteiger charge is -2.20. The van der Waals surface area contributed by atoms with Gasteiger partial charge >= 0.3 is 0 Å². The predicted octanol–water partition coefficient (Wildman–Crippen LogP) is 2.98. The van der Waals surface area contributed by atoms with Crippen molar-refractivity contribution in [2.45, 2.75) is 19.3 Å². The molecule has 0 heterocycles. The quantitative estimate of drug-likeness (QED) is 0.735. The van der Waals surface area contributed by atoms with Gasteiger partial charge in [-0.2, -0.15) is 0 Å². The Kier molecular flexibility index (Phi) is 7.06. The number of benzene rings is 1. The Balaban J connectivity index is 2.58. The fourth-order valence-electron chi connectivity index (χ4n) is 2.01. The zero-order chi connectivity index (χ0) is 14.3. The van der Waals surface area contributed by atoms with Crippen LogP contribution in [0.5, 0.6) is 0 Å². The number of methoxy groups -OCH3 is 1. The van der Waals surface area contributed by atoms with Crippen LogP contribution in [0.2, 0.25) is 5.02 Å². The summed E-state index contributed by atoms with van der Waals surface area (Å²) < 4.78 is 5.04. The average molecular weight is 284 g/mol. The minimum atomic E-state index is -0.0535. The van der Waals surface area contributed by atoms with Gasteiger partial charge < -0.3 is 9.64 Å². The van der Waals surface area contributed by atoms with Gasteiger partial charge in [0.1, 0.15) is 5.78 Å². The number of carbonyl (C=O) groups is 1. The highest BCUT2D eigenvalue weighted by Gasteiger charge is 2.17. The molecule has 0 aliphatic carbocycles. The first-order valence-electron chi connectivity index (χ1n) is 6.48. The van der Waals surface area contributed by atoms with Gasteiger partial charge in [-0.25, -0.2) is 0 Å². The van der Waals surface area contributed by atoms with E-state index in [0.717, 1.165) is 25.1 Å². The number of halogens is 1. The lowest BCUT2D eigenvalue weighted by atomic mass is 9.92. The molecule has 0 radical (unpaired) electrons. The summed E-state index contributed by atoms with van der Waals surface area (Å²) >= 11 is 5.87. The van der Waals surface area contributed by atoms with Crippen LogP contribution in [0.3, 0.4) is 0 Å². The van der Waals surface area contributed by atoms with Crippen LogP contribution in [0, 0.1) is 0 Å². The largest absolute Gasteiger partial charge is 0.383 e. The molecular formula is C15H22ClNO2. The molecule has 0 saturated heterocycles. The van der Waals surface area contributed by atoms with Gasteiger partial charge in [-0.15, -0.1) is 0 Å². The molecule has 0 aliphatic heterocycles. The monoisotopic (exact) mass is 283 g/mol. The summed E-state index contributed by atoms with van der Waals surface area (Å²) in [6.07, 6.45) is 0.817. The zero-order valence-electron chi connectivity index (χ0n) is 11.9. The average Bonchev–Trinajstić information content (AvgIpc) is 2.38. The van der Waals surface area contributed by atoms with E-state index in [0.29, 0.717) is 11.6 Å². The van der Waals surface area contributed by atoms with E-state index >= 15 is 0 Å². The molecule has 0 N–H and O–H groups in total. The maximum Gasteiger partial charge on any atom is 0.137 e. The van der Waals surface area contributed by atoms with Gasteiger partial charge in [-0.3, -0.25) is 4.79 Å². The third-order valence-electron chi connectivity index (χ3n) is 3.24. The van der Waals surface area contributed by atoms with Crippen LogP contribution >= 0.6 is 11.6 Å². The van der Waals surface area contributed by atoms with Gasteiger partial charge in [0, 0.05) is 24.6 Å². The van der Waals surface area contributed by atoms with Crippen molar-refractivity contribution in [1.29, 1.82) is 0 Å². The SMILES string of the molecule is COCCN(C)CC[C@@H](C(C)=O)c1ccc(Cl)cc1. The first-order valence-corrected chi connectivity index (χ1v) is 6.85. The minimum Gasteiger partial charge on any atom is -0.383 e. The van der Waals surface area contributed by atoms with Crippen LogP contribution in [0.25, 0.3) is 0 Å². The van der Waals surface area contributed by atoms with Crippen molar-refractivity contribution < 1.29 is 9.53 Å². The molecule has 0 bridgehead atoms. The number of rotatable bonds is 8. The van der Waals surface area contributed by atoms with E-state index in [1.165, 1.54) is 0 Å². The smallest absolute Gasteiger partial charge is 0.137 e. The Morgan fingerprint density at radius 1 is 1.32 bits per heavy atom. The van der Waals surface area contributed by atoms with Crippen LogP contribution in [0.15, 0.2) is 24.3 Å². The molecule has 0 amide bonds. The fraction of sp³-hybridized carbons (Fsp3) is 0.533. The molecule has 1 aromatic carbocycles. The van der Waals surface area contributed by atoms with Crippen molar-refractivity contribution in [3.63, 3.8) is 0 Å². The van der Waals surface area contributed by atoms with Crippen molar-refractivity contribution in [3.8, 4) is 0 Å². The molecule has 0 saturated carbocycles. The summed E-state index contributed by atoms with van der Waals surface area (Å²) in [5.74, 6) is 0.143. The third-order valence-corrected chi connectivity index (χ3v) is 3.49. The fourth-order valence-corrected chi connectivity index (χ4v) is 2.13. The molecule has 4 heteroatoms. The predicted molar refractivity (Wildman–Crippen MR) is 78.9 cm³/mol. The molecule has 1 atom stereocenters. The normalized spacial score (nSPS) is 12.7. The Morgan fingerprint density at radius 3 is 2.47 bits per heavy atom. The summed E-state index contributed by atoms with van der Waals surface area (Å²) in [5, 5.41) is 0.697. The molecule has 0 fully saturated rings. The van der Waals surface area contributed by atoms with Gasteiger partial charge in [0.15, 0.2) is 0 Å². The molecule has 1 rings (SSSR count). The Morgan fingerprint density at radius 2 is 1.95 bits per heavy atom. The van der Waals surface area contributed by atoms with Crippen LogP contribution in [-0.2, 0) is 9.53 Å². The lowest BCUT2D eigenvalue weighted by Crippen LogP contribution is -2.26. The molecule has 0 unspecified atom stereocenters. The van der Waals surface area contributed by atoms with E-state index in [1.807, 2.05) is 31.3 Å². The van der Waals surface area contributed by atoms with Crippen molar-refractivity contribution >= 4 is 17.4 Å². The van der Waals surface area contributed by atoms with E-state index in [1.54, 1.807) is 14.0 Å². The number of ether oxygens (including phenoxy) is 1. The second kappa shape index (κ2) is 8.31. The highest BCUT2D eigenvalue weighted by atomic mass is 35.5. The van der Waals surface area contributed by atoms with Crippen LogP contribution in [-0.4, -0.2) is 44.5 Å². The second-order valence-corrected chi connectivity index (χ2v) is 5.24. The van der Waals surface area contributed by atoms with E-state index in [9.17, 15) is 4.79 Å². The van der Waals surface area contributed by atoms with Gasteiger partial charge in [0.05, 0.1) is 6.61 Å². The van der Waals surface area contributed by atoms with Crippen molar-refractivity contribution in [2.24, 2.45) is 0 Å². The Labute approximate surface area is 120 Å². The number of carbonyl (C=O) groups excluding carboxylic acids is 1. The third kappa shape index (κ3) is 5.72. The van der Waals surface area contributed by atoms with Gasteiger partial charge in [-0.05, 0) is 44.6 Å². The first kappa shape index (κ1) is 16.2. The molecule has 1 aromatic rings. The summed E-state index contributed by atoms with van der Waals surface area (Å²) in [6, 6.07) is 7.54. The molecule has 19 heavy (non-hydrogen) atoms. The van der Waals surface area contributed by atoms with Crippen molar-refractivity contribution in [1.82, 2.24) is 4.90 Å². The molecule has 3 nitrogen and oxygen atoms in total. The molecule has 0 spiro atoms. The topological polar surface area (TPSA) is 29.5 Å². The summed E-state index contributed by atoms with van der Waals surface area (Å²) in [4.78, 5) is 14.0. The molecule has 0 aliphatic rings. The number of nitrogens with zero attached hydrogens (tertiary/aromatic N) is 1. The summed E-state index contributed by atoms with van der Waals surface area (Å²) in [5.41, 5.74) is 1.04. The standard InChI is InChI=1S/C15H22ClNO2/c1-12(18)15(8-9-17(2)10-11-19-3)13-4-6-14(16)7-5-13/h4-7,15H,8-11H2,1-3H3/t15-/m0/s1. The van der Waals surface area contributed by atoms with Crippen LogP contribution < -0.4 is 0 Å². The highest BCUT2D eigenvalue weighted by molar-refractivity contribution is 6.30. The van der Waals surface area contributed by atoms with Gasteiger partial charge in [-0.1, -0.05) is 23.7 Å². The highest BCUT2D eigenvalue weighted by Crippen LogP contribution is 2.22. The summed E-state index contributed by atoms with van der Waals surface area (Å²) in [7, 11) is 3.73. The minimum absolute atomic E-state index is 0.0535. The maximum atomic E-state index is 11.8. The molecular weight excluding hydrogens is 262 g/mol. The van der Waals surface area contributed by atoms with Crippen molar-refractivity contribution in [2.75, 3.05) is 33.9 Å². The van der Waals surface area contributed by atoms with Crippen molar-refractivity contribution in [3.05, 3.63) is 34.9 Å². The lowest BCUT2D eigenvalue weighted by molar-refractivity contribution is -0.118. The number of Topliss-reactive ketones (excluding diaryl/α,β-unsaturated/α-hetero) is 1. The molecule has 106 valence electrons. The van der Waals surface area contributed by atoms with E-state index < -0.39 is 0 Å². The first-order chi connectivity index (χ1) is 9.04. The second-order valence-electron chi connectivity index (χ2n) is 4.80. The van der Waals surface area contributed by atoms with E-state index in [2.05, 4.69) is 4.90 Å². The number of ketones is 1. The van der Waals surface area contributed by atoms with Crippen LogP contribution in [0.4, 0.5) is 0 Å². The zero-order valence-corrected chi connectivity index (χ0v) is 12.6. The summed E-state index contributed by atoms with van der Waals surface area (Å²) in [6.45, 7) is 4.11. The Bertz CT molecular complexity index is 392. The Hall–Kier alpha value is -0.900. The number of hydrogen-bond donors (Lipinski definition) is 0. The number of hydrogen-bond acceptors (Lipinski definition) is 3. The number of likely N-dealkylation sites (N-methyl/N-ethyl adjacent to an activating group) is 1. The van der Waals surface area contributed by atoms with Gasteiger partial charge in [0.25, 0.3) is 0 Å². The van der Waals surface area contributed by atoms with E-state index in [-0.39, 0.29) is 11.7 Å².